The van der Waals surface area contributed by atoms with Gasteiger partial charge in [-0.2, -0.15) is 17.0 Å². The Labute approximate surface area is 149 Å². The van der Waals surface area contributed by atoms with Gasteiger partial charge in [-0.25, -0.2) is 4.39 Å². The molecule has 0 atom stereocenters. The lowest BCUT2D eigenvalue weighted by Gasteiger charge is -2.35. The summed E-state index contributed by atoms with van der Waals surface area (Å²) < 4.78 is 41.6. The van der Waals surface area contributed by atoms with E-state index in [0.717, 1.165) is 12.8 Å². The molecule has 24 heavy (non-hydrogen) atoms. The van der Waals surface area contributed by atoms with Crippen molar-refractivity contribution in [2.75, 3.05) is 39.3 Å². The van der Waals surface area contributed by atoms with Crippen LogP contribution in [0.1, 0.15) is 23.2 Å². The van der Waals surface area contributed by atoms with Crippen molar-refractivity contribution in [1.82, 2.24) is 13.5 Å². The third-order valence-corrected chi connectivity index (χ3v) is 7.10. The number of carbonyl (C=O) groups is 1. The second kappa shape index (κ2) is 7.07. The topological polar surface area (TPSA) is 60.9 Å². The van der Waals surface area contributed by atoms with Crippen LogP contribution in [0, 0.1) is 5.82 Å². The molecule has 0 radical (unpaired) electrons. The Morgan fingerprint density at radius 2 is 1.58 bits per heavy atom. The first kappa shape index (κ1) is 17.8. The van der Waals surface area contributed by atoms with E-state index in [1.807, 2.05) is 0 Å². The molecule has 0 spiro atoms. The minimum absolute atomic E-state index is 0.222. The Hall–Kier alpha value is -1.03. The van der Waals surface area contributed by atoms with E-state index in [0.29, 0.717) is 36.2 Å². The minimum atomic E-state index is -3.42. The Balaban J connectivity index is 1.65. The molecule has 2 heterocycles. The van der Waals surface area contributed by atoms with E-state index < -0.39 is 16.0 Å². The fraction of sp³-hybridized carbons (Fsp3) is 0.533. The van der Waals surface area contributed by atoms with Crippen molar-refractivity contribution in [3.63, 3.8) is 0 Å². The van der Waals surface area contributed by atoms with E-state index in [9.17, 15) is 17.6 Å². The number of nitrogens with zero attached hydrogens (tertiary/aromatic N) is 3. The van der Waals surface area contributed by atoms with Crippen LogP contribution < -0.4 is 0 Å². The lowest BCUT2D eigenvalue weighted by molar-refractivity contribution is 0.0693. The van der Waals surface area contributed by atoms with Crippen LogP contribution >= 0.6 is 15.9 Å². The van der Waals surface area contributed by atoms with Gasteiger partial charge in [0.05, 0.1) is 5.56 Å². The highest BCUT2D eigenvalue weighted by Gasteiger charge is 2.34. The van der Waals surface area contributed by atoms with Crippen LogP contribution in [-0.2, 0) is 10.2 Å². The van der Waals surface area contributed by atoms with Gasteiger partial charge in [0.1, 0.15) is 5.82 Å². The molecule has 2 saturated heterocycles. The molecule has 0 saturated carbocycles. The molecule has 1 amide bonds. The van der Waals surface area contributed by atoms with Crippen LogP contribution in [0.2, 0.25) is 0 Å². The van der Waals surface area contributed by atoms with Crippen LogP contribution in [0.25, 0.3) is 0 Å². The molecule has 132 valence electrons. The zero-order valence-corrected chi connectivity index (χ0v) is 15.5. The monoisotopic (exact) mass is 419 g/mol. The predicted molar refractivity (Wildman–Crippen MR) is 91.3 cm³/mol. The molecule has 0 aromatic heterocycles. The SMILES string of the molecule is O=C(c1ccc(F)cc1Br)N1CCN(S(=O)(=O)N2CCCC2)CC1. The smallest absolute Gasteiger partial charge is 0.282 e. The highest BCUT2D eigenvalue weighted by Crippen LogP contribution is 2.22. The zero-order valence-electron chi connectivity index (χ0n) is 13.1. The molecule has 3 rings (SSSR count). The lowest BCUT2D eigenvalue weighted by Crippen LogP contribution is -2.53. The van der Waals surface area contributed by atoms with E-state index in [1.54, 1.807) is 4.90 Å². The molecule has 9 heteroatoms. The molecule has 0 N–H and O–H groups in total. The summed E-state index contributed by atoms with van der Waals surface area (Å²) in [5.74, 6) is -0.639. The first-order valence-corrected chi connectivity index (χ1v) is 10.1. The van der Waals surface area contributed by atoms with Crippen LogP contribution in [0.15, 0.2) is 22.7 Å². The first-order valence-electron chi connectivity index (χ1n) is 7.89. The van der Waals surface area contributed by atoms with Gasteiger partial charge in [-0.1, -0.05) is 0 Å². The quantitative estimate of drug-likeness (QED) is 0.748. The van der Waals surface area contributed by atoms with Crippen LogP contribution in [-0.4, -0.2) is 67.1 Å². The molecule has 0 bridgehead atoms. The van der Waals surface area contributed by atoms with Crippen LogP contribution in [0.5, 0.6) is 0 Å². The molecule has 2 aliphatic heterocycles. The van der Waals surface area contributed by atoms with Gasteiger partial charge in [-0.15, -0.1) is 0 Å². The van der Waals surface area contributed by atoms with Gasteiger partial charge in [0, 0.05) is 43.7 Å². The van der Waals surface area contributed by atoms with E-state index in [2.05, 4.69) is 15.9 Å². The number of piperazine rings is 1. The summed E-state index contributed by atoms with van der Waals surface area (Å²) in [7, 11) is -3.42. The first-order chi connectivity index (χ1) is 11.4. The van der Waals surface area contributed by atoms with Crippen molar-refractivity contribution >= 4 is 32.0 Å². The maximum Gasteiger partial charge on any atom is 0.282 e. The molecule has 2 aliphatic rings. The van der Waals surface area contributed by atoms with Crippen molar-refractivity contribution in [2.24, 2.45) is 0 Å². The van der Waals surface area contributed by atoms with Crippen molar-refractivity contribution < 1.29 is 17.6 Å². The normalized spacial score (nSPS) is 20.5. The van der Waals surface area contributed by atoms with Crippen molar-refractivity contribution in [3.8, 4) is 0 Å². The van der Waals surface area contributed by atoms with Gasteiger partial charge < -0.3 is 4.90 Å². The van der Waals surface area contributed by atoms with Crippen molar-refractivity contribution in [3.05, 3.63) is 34.1 Å². The summed E-state index contributed by atoms with van der Waals surface area (Å²) in [5.41, 5.74) is 0.382. The molecule has 6 nitrogen and oxygen atoms in total. The van der Waals surface area contributed by atoms with Crippen molar-refractivity contribution in [1.29, 1.82) is 0 Å². The fourth-order valence-electron chi connectivity index (χ4n) is 3.04. The second-order valence-electron chi connectivity index (χ2n) is 5.93. The van der Waals surface area contributed by atoms with Gasteiger partial charge in [0.15, 0.2) is 0 Å². The molecule has 1 aromatic rings. The Morgan fingerprint density at radius 3 is 2.17 bits per heavy atom. The molecule has 2 fully saturated rings. The van der Waals surface area contributed by atoms with Gasteiger partial charge in [-0.05, 0) is 47.0 Å². The summed E-state index contributed by atoms with van der Waals surface area (Å²) >= 11 is 3.20. The standard InChI is InChI=1S/C15H19BrFN3O3S/c16-14-11-12(17)3-4-13(14)15(21)18-7-9-20(10-8-18)24(22,23)19-5-1-2-6-19/h3-4,11H,1-2,5-10H2. The highest BCUT2D eigenvalue weighted by molar-refractivity contribution is 9.10. The van der Waals surface area contributed by atoms with Crippen LogP contribution in [0.3, 0.4) is 0 Å². The summed E-state index contributed by atoms with van der Waals surface area (Å²) in [5, 5.41) is 0. The Kier molecular flexibility index (Phi) is 5.24. The minimum Gasteiger partial charge on any atom is -0.336 e. The molecule has 0 aliphatic carbocycles. The van der Waals surface area contributed by atoms with Gasteiger partial charge in [0.25, 0.3) is 16.1 Å². The van der Waals surface area contributed by atoms with Gasteiger partial charge >= 0.3 is 0 Å². The van der Waals surface area contributed by atoms with E-state index in [-0.39, 0.29) is 19.0 Å². The summed E-state index contributed by atoms with van der Waals surface area (Å²) in [6.45, 7) is 2.37. The Bertz CT molecular complexity index is 729. The van der Waals surface area contributed by atoms with Gasteiger partial charge in [-0.3, -0.25) is 4.79 Å². The third-order valence-electron chi connectivity index (χ3n) is 4.40. The Morgan fingerprint density at radius 1 is 1.00 bits per heavy atom. The largest absolute Gasteiger partial charge is 0.336 e. The maximum absolute atomic E-state index is 13.2. The third kappa shape index (κ3) is 3.49. The molecular formula is C15H19BrFN3O3S. The number of rotatable bonds is 3. The number of halogens is 2. The molecular weight excluding hydrogens is 401 g/mol. The molecule has 0 unspecified atom stereocenters. The van der Waals surface area contributed by atoms with E-state index >= 15 is 0 Å². The number of amides is 1. The predicted octanol–water partition coefficient (Wildman–Crippen LogP) is 1.69. The number of carbonyl (C=O) groups excluding carboxylic acids is 1. The summed E-state index contributed by atoms with van der Waals surface area (Å²) in [6.07, 6.45) is 1.80. The van der Waals surface area contributed by atoms with E-state index in [1.165, 1.54) is 26.8 Å². The lowest BCUT2D eigenvalue weighted by atomic mass is 10.2. The average molecular weight is 420 g/mol. The van der Waals surface area contributed by atoms with Crippen molar-refractivity contribution in [2.45, 2.75) is 12.8 Å². The number of benzene rings is 1. The van der Waals surface area contributed by atoms with E-state index in [4.69, 9.17) is 0 Å². The van der Waals surface area contributed by atoms with Crippen LogP contribution in [0.4, 0.5) is 4.39 Å². The summed E-state index contributed by atoms with van der Waals surface area (Å²) in [6, 6.07) is 3.93. The number of hydrogen-bond donors (Lipinski definition) is 0. The average Bonchev–Trinajstić information content (AvgIpc) is 3.10. The van der Waals surface area contributed by atoms with Gasteiger partial charge in [0.2, 0.25) is 0 Å². The second-order valence-corrected chi connectivity index (χ2v) is 8.71. The maximum atomic E-state index is 13.2. The zero-order chi connectivity index (χ0) is 17.3. The number of hydrogen-bond acceptors (Lipinski definition) is 3. The highest BCUT2D eigenvalue weighted by atomic mass is 79.9. The fourth-order valence-corrected chi connectivity index (χ4v) is 5.23. The summed E-state index contributed by atoms with van der Waals surface area (Å²) in [4.78, 5) is 14.1. The molecule has 1 aromatic carbocycles.